The minimum absolute atomic E-state index is 0.0319. The van der Waals surface area contributed by atoms with Gasteiger partial charge in [0.25, 0.3) is 0 Å². The van der Waals surface area contributed by atoms with Crippen molar-refractivity contribution in [2.24, 2.45) is 0 Å². The third kappa shape index (κ3) is 4.20. The Kier molecular flexibility index (Phi) is 5.21. The van der Waals surface area contributed by atoms with E-state index < -0.39 is 0 Å². The van der Waals surface area contributed by atoms with Gasteiger partial charge in [0.2, 0.25) is 5.91 Å². The summed E-state index contributed by atoms with van der Waals surface area (Å²) in [7, 11) is 0. The Morgan fingerprint density at radius 2 is 1.59 bits per heavy atom. The van der Waals surface area contributed by atoms with E-state index in [9.17, 15) is 4.79 Å². The first kappa shape index (κ1) is 17.4. The lowest BCUT2D eigenvalue weighted by molar-refractivity contribution is -0.120. The molecule has 0 saturated heterocycles. The second kappa shape index (κ2) is 8.10. The molecule has 0 aliphatic heterocycles. The van der Waals surface area contributed by atoms with Crippen molar-refractivity contribution in [3.63, 3.8) is 0 Å². The van der Waals surface area contributed by atoms with E-state index >= 15 is 0 Å². The third-order valence-electron chi connectivity index (χ3n) is 4.21. The zero-order chi connectivity index (χ0) is 18.5. The minimum Gasteiger partial charge on any atom is -0.348 e. The number of carbonyl (C=O) groups is 1. The molecular weight excluding hydrogens is 354 g/mol. The molecule has 4 rings (SSSR count). The molecule has 5 heteroatoms. The summed E-state index contributed by atoms with van der Waals surface area (Å²) < 4.78 is 0. The summed E-state index contributed by atoms with van der Waals surface area (Å²) in [4.78, 5) is 21.8. The Morgan fingerprint density at radius 3 is 2.33 bits per heavy atom. The predicted octanol–water partition coefficient (Wildman–Crippen LogP) is 4.71. The number of rotatable bonds is 6. The molecule has 0 aliphatic carbocycles. The van der Waals surface area contributed by atoms with Crippen LogP contribution in [0.2, 0.25) is 0 Å². The smallest absolute Gasteiger partial charge is 0.238 e. The van der Waals surface area contributed by atoms with Gasteiger partial charge >= 0.3 is 0 Å². The van der Waals surface area contributed by atoms with Gasteiger partial charge in [0.1, 0.15) is 11.1 Å². The van der Waals surface area contributed by atoms with E-state index in [1.165, 1.54) is 0 Å². The lowest BCUT2D eigenvalue weighted by Crippen LogP contribution is -2.28. The molecule has 27 heavy (non-hydrogen) atoms. The monoisotopic (exact) mass is 373 g/mol. The molecule has 1 amide bonds. The SMILES string of the molecule is O=C(NCc1nc2ccccc2[nH]1)C(Sc1ccccc1)c1ccccc1. The van der Waals surface area contributed by atoms with Gasteiger partial charge in [0.15, 0.2) is 0 Å². The van der Waals surface area contributed by atoms with Crippen LogP contribution >= 0.6 is 11.8 Å². The number of benzene rings is 3. The molecule has 134 valence electrons. The number of fused-ring (bicyclic) bond motifs is 1. The van der Waals surface area contributed by atoms with Gasteiger partial charge in [-0.3, -0.25) is 4.79 Å². The topological polar surface area (TPSA) is 57.8 Å². The van der Waals surface area contributed by atoms with Crippen molar-refractivity contribution in [2.45, 2.75) is 16.7 Å². The van der Waals surface area contributed by atoms with Crippen molar-refractivity contribution in [2.75, 3.05) is 0 Å². The zero-order valence-corrected chi connectivity index (χ0v) is 15.4. The summed E-state index contributed by atoms with van der Waals surface area (Å²) in [6.45, 7) is 0.367. The van der Waals surface area contributed by atoms with Gasteiger partial charge in [0.05, 0.1) is 17.6 Å². The average molecular weight is 373 g/mol. The molecule has 1 unspecified atom stereocenters. The fraction of sp³-hybridized carbons (Fsp3) is 0.0909. The lowest BCUT2D eigenvalue weighted by atomic mass is 10.1. The van der Waals surface area contributed by atoms with Crippen LogP contribution in [0.5, 0.6) is 0 Å². The fourth-order valence-electron chi connectivity index (χ4n) is 2.89. The van der Waals surface area contributed by atoms with Crippen LogP contribution in [0.4, 0.5) is 0 Å². The second-order valence-electron chi connectivity index (χ2n) is 6.14. The van der Waals surface area contributed by atoms with Crippen LogP contribution in [0.3, 0.4) is 0 Å². The molecule has 4 aromatic rings. The maximum Gasteiger partial charge on any atom is 0.238 e. The Bertz CT molecular complexity index is 998. The highest BCUT2D eigenvalue weighted by atomic mass is 32.2. The fourth-order valence-corrected chi connectivity index (χ4v) is 3.96. The lowest BCUT2D eigenvalue weighted by Gasteiger charge is -2.16. The number of aromatic amines is 1. The van der Waals surface area contributed by atoms with E-state index in [1.54, 1.807) is 11.8 Å². The molecule has 3 aromatic carbocycles. The molecule has 0 bridgehead atoms. The Labute approximate surface area is 162 Å². The van der Waals surface area contributed by atoms with Gasteiger partial charge in [-0.05, 0) is 29.8 Å². The highest BCUT2D eigenvalue weighted by Gasteiger charge is 2.22. The highest BCUT2D eigenvalue weighted by Crippen LogP contribution is 2.35. The molecule has 2 N–H and O–H groups in total. The predicted molar refractivity (Wildman–Crippen MR) is 109 cm³/mol. The number of para-hydroxylation sites is 2. The van der Waals surface area contributed by atoms with Crippen LogP contribution in [0.25, 0.3) is 11.0 Å². The molecule has 0 fully saturated rings. The summed E-state index contributed by atoms with van der Waals surface area (Å²) in [6, 6.07) is 27.7. The van der Waals surface area contributed by atoms with E-state index in [-0.39, 0.29) is 11.2 Å². The number of H-pyrrole nitrogens is 1. The van der Waals surface area contributed by atoms with E-state index in [0.29, 0.717) is 6.54 Å². The van der Waals surface area contributed by atoms with Gasteiger partial charge < -0.3 is 10.3 Å². The van der Waals surface area contributed by atoms with Gasteiger partial charge in [-0.15, -0.1) is 11.8 Å². The van der Waals surface area contributed by atoms with Crippen molar-refractivity contribution in [3.05, 3.63) is 96.3 Å². The molecule has 0 aliphatic rings. The summed E-state index contributed by atoms with van der Waals surface area (Å²) in [5, 5.41) is 2.70. The van der Waals surface area contributed by atoms with Crippen molar-refractivity contribution in [1.82, 2.24) is 15.3 Å². The average Bonchev–Trinajstić information content (AvgIpc) is 3.15. The van der Waals surface area contributed by atoms with Gasteiger partial charge in [-0.2, -0.15) is 0 Å². The van der Waals surface area contributed by atoms with Gasteiger partial charge in [-0.25, -0.2) is 4.98 Å². The van der Waals surface area contributed by atoms with Gasteiger partial charge in [-0.1, -0.05) is 60.7 Å². The number of thioether (sulfide) groups is 1. The number of carbonyl (C=O) groups excluding carboxylic acids is 1. The minimum atomic E-state index is -0.321. The molecule has 0 radical (unpaired) electrons. The van der Waals surface area contributed by atoms with E-state index in [2.05, 4.69) is 15.3 Å². The van der Waals surface area contributed by atoms with Crippen molar-refractivity contribution in [1.29, 1.82) is 0 Å². The number of hydrogen-bond acceptors (Lipinski definition) is 3. The van der Waals surface area contributed by atoms with Crippen molar-refractivity contribution in [3.8, 4) is 0 Å². The molecule has 1 aromatic heterocycles. The number of hydrogen-bond donors (Lipinski definition) is 2. The Morgan fingerprint density at radius 1 is 0.926 bits per heavy atom. The van der Waals surface area contributed by atoms with Crippen LogP contribution in [-0.4, -0.2) is 15.9 Å². The molecule has 4 nitrogen and oxygen atoms in total. The normalized spacial score (nSPS) is 12.0. The number of imidazole rings is 1. The number of nitrogens with one attached hydrogen (secondary N) is 2. The van der Waals surface area contributed by atoms with E-state index in [4.69, 9.17) is 0 Å². The highest BCUT2D eigenvalue weighted by molar-refractivity contribution is 8.00. The quantitative estimate of drug-likeness (QED) is 0.481. The maximum absolute atomic E-state index is 13.0. The summed E-state index contributed by atoms with van der Waals surface area (Å²) >= 11 is 1.55. The molecule has 1 heterocycles. The van der Waals surface area contributed by atoms with Crippen LogP contribution in [0.15, 0.2) is 89.8 Å². The molecular formula is C22H19N3OS. The van der Waals surface area contributed by atoms with E-state index in [0.717, 1.165) is 27.3 Å². The summed E-state index contributed by atoms with van der Waals surface area (Å²) in [6.07, 6.45) is 0. The first-order valence-corrected chi connectivity index (χ1v) is 9.65. The number of amides is 1. The number of aromatic nitrogens is 2. The van der Waals surface area contributed by atoms with Crippen LogP contribution in [0.1, 0.15) is 16.6 Å². The van der Waals surface area contributed by atoms with Crippen molar-refractivity contribution >= 4 is 28.7 Å². The van der Waals surface area contributed by atoms with Gasteiger partial charge in [0, 0.05) is 4.90 Å². The maximum atomic E-state index is 13.0. The van der Waals surface area contributed by atoms with Crippen LogP contribution < -0.4 is 5.32 Å². The second-order valence-corrected chi connectivity index (χ2v) is 7.32. The molecule has 0 spiro atoms. The first-order valence-electron chi connectivity index (χ1n) is 8.77. The Hall–Kier alpha value is -3.05. The van der Waals surface area contributed by atoms with Crippen LogP contribution in [-0.2, 0) is 11.3 Å². The zero-order valence-electron chi connectivity index (χ0n) is 14.6. The number of nitrogens with zero attached hydrogens (tertiary/aromatic N) is 1. The van der Waals surface area contributed by atoms with Crippen LogP contribution in [0, 0.1) is 0 Å². The first-order chi connectivity index (χ1) is 13.3. The summed E-state index contributed by atoms with van der Waals surface area (Å²) in [5.41, 5.74) is 2.86. The summed E-state index contributed by atoms with van der Waals surface area (Å²) in [5.74, 6) is 0.719. The van der Waals surface area contributed by atoms with E-state index in [1.807, 2.05) is 84.9 Å². The Balaban J connectivity index is 1.51. The third-order valence-corrected chi connectivity index (χ3v) is 5.47. The van der Waals surface area contributed by atoms with Crippen molar-refractivity contribution < 1.29 is 4.79 Å². The molecule has 1 atom stereocenters. The standard InChI is InChI=1S/C22H19N3OS/c26-22(23-15-20-24-18-13-7-8-14-19(18)25-20)21(16-9-3-1-4-10-16)27-17-11-5-2-6-12-17/h1-14,21H,15H2,(H,23,26)(H,24,25). The largest absolute Gasteiger partial charge is 0.348 e. The molecule has 0 saturated carbocycles.